The first-order valence-corrected chi connectivity index (χ1v) is 17.9. The second-order valence-electron chi connectivity index (χ2n) is 11.5. The fourth-order valence-electron chi connectivity index (χ4n) is 6.04. The van der Waals surface area contributed by atoms with Crippen molar-refractivity contribution in [1.29, 1.82) is 0 Å². The smallest absolute Gasteiger partial charge is 0.272 e. The first kappa shape index (κ1) is 32.3. The molecule has 0 atom stereocenters. The predicted octanol–water partition coefficient (Wildman–Crippen LogP) is 9.68. The average Bonchev–Trinajstić information content (AvgIpc) is 2.69. The molecule has 0 aliphatic rings. The van der Waals surface area contributed by atoms with E-state index in [4.69, 9.17) is 8.85 Å². The normalized spacial score (nSPS) is 12.5. The SMILES string of the molecule is CC(C)[Si](OC#CCCCC#CCCCCO[Si](C(C)C)(C(C)C)C(C)C)(C(C)C)C(C)C. The van der Waals surface area contributed by atoms with Crippen LogP contribution in [0.1, 0.15) is 122 Å². The molecule has 0 saturated heterocycles. The molecule has 192 valence electrons. The molecule has 0 N–H and O–H groups in total. The van der Waals surface area contributed by atoms with Gasteiger partial charge < -0.3 is 8.85 Å². The van der Waals surface area contributed by atoms with Crippen molar-refractivity contribution < 1.29 is 8.85 Å². The van der Waals surface area contributed by atoms with Crippen LogP contribution < -0.4 is 0 Å². The molecule has 0 aromatic rings. The molecule has 4 heteroatoms. The minimum atomic E-state index is -1.87. The lowest BCUT2D eigenvalue weighted by Crippen LogP contribution is -2.47. The number of unbranched alkanes of at least 4 members (excludes halogenated alkanes) is 4. The van der Waals surface area contributed by atoms with Crippen molar-refractivity contribution in [3.8, 4) is 23.9 Å². The maximum absolute atomic E-state index is 6.63. The Morgan fingerprint density at radius 3 is 1.30 bits per heavy atom. The van der Waals surface area contributed by atoms with Gasteiger partial charge in [0, 0.05) is 25.9 Å². The fraction of sp³-hybridized carbons (Fsp3) is 0.862. The third-order valence-corrected chi connectivity index (χ3v) is 19.5. The van der Waals surface area contributed by atoms with Gasteiger partial charge in [0.15, 0.2) is 8.32 Å². The van der Waals surface area contributed by atoms with E-state index in [2.05, 4.69) is 107 Å². The topological polar surface area (TPSA) is 18.5 Å². The highest BCUT2D eigenvalue weighted by Gasteiger charge is 2.47. The van der Waals surface area contributed by atoms with E-state index >= 15 is 0 Å². The Kier molecular flexibility index (Phi) is 15.7. The number of hydrogen-bond donors (Lipinski definition) is 0. The van der Waals surface area contributed by atoms with Gasteiger partial charge in [-0.1, -0.05) is 89.0 Å². The van der Waals surface area contributed by atoms with Crippen LogP contribution in [0.25, 0.3) is 0 Å². The first-order valence-electron chi connectivity index (χ1n) is 13.6. The van der Waals surface area contributed by atoms with Gasteiger partial charge in [0.2, 0.25) is 0 Å². The standard InChI is InChI=1S/C29H56O2Si2/c1-24(2)32(25(3)4,26(5)6)30-22-20-18-16-14-13-15-17-19-21-23-31-33(27(7)8,28(9)10)29(11)12/h24-29H,14,16-19,21,23H2,1-12H3. The van der Waals surface area contributed by atoms with Crippen LogP contribution in [0.2, 0.25) is 33.2 Å². The van der Waals surface area contributed by atoms with Crippen molar-refractivity contribution in [3.05, 3.63) is 0 Å². The molecule has 0 heterocycles. The van der Waals surface area contributed by atoms with Gasteiger partial charge >= 0.3 is 0 Å². The van der Waals surface area contributed by atoms with Crippen LogP contribution in [0.4, 0.5) is 0 Å². The zero-order valence-corrected chi connectivity index (χ0v) is 26.2. The van der Waals surface area contributed by atoms with Crippen LogP contribution in [0, 0.1) is 23.9 Å². The summed E-state index contributed by atoms with van der Waals surface area (Å²) in [4.78, 5) is 0. The Morgan fingerprint density at radius 1 is 0.485 bits per heavy atom. The predicted molar refractivity (Wildman–Crippen MR) is 152 cm³/mol. The van der Waals surface area contributed by atoms with E-state index < -0.39 is 16.6 Å². The van der Waals surface area contributed by atoms with Crippen molar-refractivity contribution in [2.24, 2.45) is 0 Å². The largest absolute Gasteiger partial charge is 0.500 e. The highest BCUT2D eigenvalue weighted by Crippen LogP contribution is 2.43. The molecular weight excluding hydrogens is 436 g/mol. The number of hydrogen-bond acceptors (Lipinski definition) is 2. The Balaban J connectivity index is 4.29. The molecule has 0 aliphatic carbocycles. The minimum Gasteiger partial charge on any atom is -0.500 e. The van der Waals surface area contributed by atoms with Crippen LogP contribution in [-0.2, 0) is 8.85 Å². The Bertz CT molecular complexity index is 598. The van der Waals surface area contributed by atoms with Gasteiger partial charge in [-0.05, 0) is 52.5 Å². The molecule has 0 unspecified atom stereocenters. The van der Waals surface area contributed by atoms with Crippen molar-refractivity contribution in [3.63, 3.8) is 0 Å². The van der Waals surface area contributed by atoms with Gasteiger partial charge in [0.05, 0.1) is 6.11 Å². The molecule has 0 rings (SSSR count). The van der Waals surface area contributed by atoms with Gasteiger partial charge in [0.25, 0.3) is 8.32 Å². The first-order chi connectivity index (χ1) is 15.4. The summed E-state index contributed by atoms with van der Waals surface area (Å²) in [6.07, 6.45) is 9.13. The summed E-state index contributed by atoms with van der Waals surface area (Å²) in [6.45, 7) is 28.8. The van der Waals surface area contributed by atoms with E-state index in [1.54, 1.807) is 0 Å². The summed E-state index contributed by atoms with van der Waals surface area (Å²) in [6, 6.07) is 0. The Morgan fingerprint density at radius 2 is 0.879 bits per heavy atom. The van der Waals surface area contributed by atoms with Gasteiger partial charge in [-0.3, -0.25) is 0 Å². The van der Waals surface area contributed by atoms with Gasteiger partial charge in [-0.25, -0.2) is 0 Å². The molecule has 0 bridgehead atoms. The van der Waals surface area contributed by atoms with Crippen molar-refractivity contribution in [2.75, 3.05) is 6.61 Å². The summed E-state index contributed by atoms with van der Waals surface area (Å²) in [5, 5.41) is 0. The second kappa shape index (κ2) is 16.1. The van der Waals surface area contributed by atoms with Crippen molar-refractivity contribution in [2.45, 2.75) is 155 Å². The molecule has 0 aromatic heterocycles. The number of rotatable bonds is 14. The van der Waals surface area contributed by atoms with Crippen LogP contribution in [0.5, 0.6) is 0 Å². The van der Waals surface area contributed by atoms with E-state index in [1.165, 1.54) is 0 Å². The maximum atomic E-state index is 6.63. The van der Waals surface area contributed by atoms with Gasteiger partial charge in [-0.2, -0.15) is 0 Å². The summed E-state index contributed by atoms with van der Waals surface area (Å²) in [5.41, 5.74) is 3.69. The molecule has 0 aromatic carbocycles. The zero-order valence-electron chi connectivity index (χ0n) is 24.2. The van der Waals surface area contributed by atoms with E-state index in [9.17, 15) is 0 Å². The summed E-state index contributed by atoms with van der Waals surface area (Å²) < 4.78 is 12.9. The summed E-state index contributed by atoms with van der Waals surface area (Å²) in [5.74, 6) is 9.92. The summed E-state index contributed by atoms with van der Waals surface area (Å²) in [7, 11) is -3.58. The monoisotopic (exact) mass is 492 g/mol. The molecule has 0 aliphatic heterocycles. The summed E-state index contributed by atoms with van der Waals surface area (Å²) >= 11 is 0. The van der Waals surface area contributed by atoms with E-state index in [0.29, 0.717) is 33.2 Å². The van der Waals surface area contributed by atoms with Crippen LogP contribution in [-0.4, -0.2) is 23.2 Å². The minimum absolute atomic E-state index is 0.572. The fourth-order valence-corrected chi connectivity index (χ4v) is 16.5. The second-order valence-corrected chi connectivity index (χ2v) is 22.4. The van der Waals surface area contributed by atoms with Crippen LogP contribution in [0.3, 0.4) is 0 Å². The van der Waals surface area contributed by atoms with Crippen molar-refractivity contribution in [1.82, 2.24) is 0 Å². The van der Waals surface area contributed by atoms with E-state index in [1.807, 2.05) is 0 Å². The van der Waals surface area contributed by atoms with E-state index in [0.717, 1.165) is 45.1 Å². The van der Waals surface area contributed by atoms with Crippen LogP contribution in [0.15, 0.2) is 0 Å². The average molecular weight is 493 g/mol. The van der Waals surface area contributed by atoms with Gasteiger partial charge in [-0.15, -0.1) is 11.8 Å². The molecule has 0 radical (unpaired) electrons. The lowest BCUT2D eigenvalue weighted by Gasteiger charge is -2.42. The third kappa shape index (κ3) is 9.47. The highest BCUT2D eigenvalue weighted by molar-refractivity contribution is 6.78. The van der Waals surface area contributed by atoms with Crippen LogP contribution >= 0.6 is 0 Å². The third-order valence-electron chi connectivity index (χ3n) is 7.49. The lowest BCUT2D eigenvalue weighted by molar-refractivity contribution is 0.270. The molecule has 33 heavy (non-hydrogen) atoms. The maximum Gasteiger partial charge on any atom is 0.272 e. The molecular formula is C29H56O2Si2. The quantitative estimate of drug-likeness (QED) is 0.136. The van der Waals surface area contributed by atoms with Crippen molar-refractivity contribution >= 4 is 16.6 Å². The molecule has 2 nitrogen and oxygen atoms in total. The zero-order chi connectivity index (χ0) is 25.7. The molecule has 0 fully saturated rings. The molecule has 0 spiro atoms. The highest BCUT2D eigenvalue weighted by atomic mass is 28.4. The molecule has 0 saturated carbocycles. The van der Waals surface area contributed by atoms with E-state index in [-0.39, 0.29) is 0 Å². The Labute approximate surface area is 210 Å². The lowest BCUT2D eigenvalue weighted by atomic mass is 10.2. The molecule has 0 amide bonds. The Hall–Kier alpha value is -0.686. The van der Waals surface area contributed by atoms with Gasteiger partial charge in [0.1, 0.15) is 0 Å².